The van der Waals surface area contributed by atoms with E-state index in [9.17, 15) is 14.7 Å². The number of rotatable bonds is 13. The Balaban J connectivity index is 1.43. The second-order valence-electron chi connectivity index (χ2n) is 11.0. The first-order valence-corrected chi connectivity index (χ1v) is 13.2. The maximum atomic E-state index is 13.0. The summed E-state index contributed by atoms with van der Waals surface area (Å²) >= 11 is 0. The Bertz CT molecular complexity index is 1230. The molecule has 0 saturated carbocycles. The lowest BCUT2D eigenvalue weighted by Gasteiger charge is -2.30. The van der Waals surface area contributed by atoms with Gasteiger partial charge in [0, 0.05) is 44.1 Å². The SMILES string of the molecule is Cc1cccc(CCNCCC(=O)N(CCNCCc2ccc(O)c3[nH]c(=O)ccc23)CC(C)(C)C)c1. The first-order valence-electron chi connectivity index (χ1n) is 13.2. The molecule has 0 atom stereocenters. The summed E-state index contributed by atoms with van der Waals surface area (Å²) < 4.78 is 0. The van der Waals surface area contributed by atoms with Crippen LogP contribution in [0.15, 0.2) is 53.3 Å². The molecule has 7 nitrogen and oxygen atoms in total. The minimum absolute atomic E-state index is 0.0239. The Hall–Kier alpha value is -3.16. The first kappa shape index (κ1) is 28.4. The van der Waals surface area contributed by atoms with E-state index in [1.54, 1.807) is 12.1 Å². The number of fused-ring (bicyclic) bond motifs is 1. The number of amides is 1. The van der Waals surface area contributed by atoms with Crippen LogP contribution in [0.5, 0.6) is 5.75 Å². The third kappa shape index (κ3) is 9.34. The molecule has 37 heavy (non-hydrogen) atoms. The Kier molecular flexibility index (Phi) is 10.3. The number of aromatic hydroxyl groups is 1. The highest BCUT2D eigenvalue weighted by Crippen LogP contribution is 2.24. The van der Waals surface area contributed by atoms with Crippen LogP contribution >= 0.6 is 0 Å². The van der Waals surface area contributed by atoms with E-state index in [-0.39, 0.29) is 22.6 Å². The van der Waals surface area contributed by atoms with Crippen LogP contribution in [-0.2, 0) is 17.6 Å². The Labute approximate surface area is 220 Å². The molecule has 0 saturated heterocycles. The highest BCUT2D eigenvalue weighted by molar-refractivity contribution is 5.87. The third-order valence-electron chi connectivity index (χ3n) is 6.30. The van der Waals surface area contributed by atoms with E-state index in [1.807, 2.05) is 11.0 Å². The van der Waals surface area contributed by atoms with Crippen LogP contribution in [0.4, 0.5) is 0 Å². The topological polar surface area (TPSA) is 97.5 Å². The average Bonchev–Trinajstić information content (AvgIpc) is 2.83. The average molecular weight is 507 g/mol. The molecule has 1 heterocycles. The van der Waals surface area contributed by atoms with Gasteiger partial charge in [0.1, 0.15) is 5.75 Å². The van der Waals surface area contributed by atoms with Crippen molar-refractivity contribution >= 4 is 16.8 Å². The van der Waals surface area contributed by atoms with Gasteiger partial charge in [0.2, 0.25) is 11.5 Å². The van der Waals surface area contributed by atoms with Gasteiger partial charge < -0.3 is 25.6 Å². The molecule has 0 spiro atoms. The quantitative estimate of drug-likeness (QED) is 0.265. The second kappa shape index (κ2) is 13.4. The zero-order chi connectivity index (χ0) is 26.8. The summed E-state index contributed by atoms with van der Waals surface area (Å²) in [6, 6.07) is 15.3. The fourth-order valence-corrected chi connectivity index (χ4v) is 4.52. The summed E-state index contributed by atoms with van der Waals surface area (Å²) in [5.74, 6) is 0.249. The number of nitrogens with zero attached hydrogens (tertiary/aromatic N) is 1. The molecule has 0 aliphatic heterocycles. The standard InChI is InChI=1S/C30H42N4O3/c1-22-6-5-7-23(20-22)12-15-31-17-14-28(37)34(21-30(2,3)4)19-18-32-16-13-24-8-10-26(35)29-25(24)9-11-27(36)33-29/h5-11,20,31-32,35H,12-19,21H2,1-4H3,(H,33,36). The zero-order valence-electron chi connectivity index (χ0n) is 22.7. The van der Waals surface area contributed by atoms with Crippen LogP contribution in [0.3, 0.4) is 0 Å². The first-order chi connectivity index (χ1) is 17.6. The molecule has 0 bridgehead atoms. The van der Waals surface area contributed by atoms with Gasteiger partial charge >= 0.3 is 0 Å². The molecule has 0 fully saturated rings. The molecule has 3 rings (SSSR count). The molecule has 4 N–H and O–H groups in total. The molecular formula is C30H42N4O3. The Morgan fingerprint density at radius 3 is 2.49 bits per heavy atom. The minimum Gasteiger partial charge on any atom is -0.506 e. The van der Waals surface area contributed by atoms with Gasteiger partial charge in [-0.05, 0) is 61.5 Å². The summed E-state index contributed by atoms with van der Waals surface area (Å²) in [6.07, 6.45) is 2.19. The van der Waals surface area contributed by atoms with Crippen LogP contribution in [0.1, 0.15) is 43.9 Å². The fraction of sp³-hybridized carbons (Fsp3) is 0.467. The fourth-order valence-electron chi connectivity index (χ4n) is 4.52. The van der Waals surface area contributed by atoms with Gasteiger partial charge in [0.15, 0.2) is 0 Å². The van der Waals surface area contributed by atoms with Crippen LogP contribution in [0, 0.1) is 12.3 Å². The van der Waals surface area contributed by atoms with Crippen molar-refractivity contribution in [3.63, 3.8) is 0 Å². The van der Waals surface area contributed by atoms with Crippen LogP contribution in [-0.4, -0.2) is 60.2 Å². The number of carbonyl (C=O) groups is 1. The van der Waals surface area contributed by atoms with Crippen molar-refractivity contribution in [1.29, 1.82) is 0 Å². The molecule has 0 aliphatic carbocycles. The van der Waals surface area contributed by atoms with E-state index in [0.29, 0.717) is 38.1 Å². The molecule has 2 aromatic carbocycles. The second-order valence-corrected chi connectivity index (χ2v) is 11.0. The summed E-state index contributed by atoms with van der Waals surface area (Å²) in [7, 11) is 0. The molecule has 1 aromatic heterocycles. The number of nitrogens with one attached hydrogen (secondary N) is 3. The van der Waals surface area contributed by atoms with Gasteiger partial charge in [0.05, 0.1) is 5.52 Å². The molecule has 3 aromatic rings. The van der Waals surface area contributed by atoms with E-state index in [2.05, 4.69) is 67.6 Å². The smallest absolute Gasteiger partial charge is 0.248 e. The predicted molar refractivity (Wildman–Crippen MR) is 151 cm³/mol. The summed E-state index contributed by atoms with van der Waals surface area (Å²) in [4.78, 5) is 29.3. The van der Waals surface area contributed by atoms with Crippen molar-refractivity contribution in [2.24, 2.45) is 5.41 Å². The maximum absolute atomic E-state index is 13.0. The van der Waals surface area contributed by atoms with E-state index in [1.165, 1.54) is 17.2 Å². The van der Waals surface area contributed by atoms with Crippen molar-refractivity contribution in [2.75, 3.05) is 39.3 Å². The number of aryl methyl sites for hydroxylation is 1. The molecule has 0 unspecified atom stereocenters. The Morgan fingerprint density at radius 2 is 1.73 bits per heavy atom. The number of H-pyrrole nitrogens is 1. The van der Waals surface area contributed by atoms with Gasteiger partial charge in [-0.25, -0.2) is 0 Å². The highest BCUT2D eigenvalue weighted by atomic mass is 16.3. The van der Waals surface area contributed by atoms with Crippen molar-refractivity contribution in [3.8, 4) is 5.75 Å². The number of hydrogen-bond acceptors (Lipinski definition) is 5. The van der Waals surface area contributed by atoms with Crippen molar-refractivity contribution in [2.45, 2.75) is 47.0 Å². The van der Waals surface area contributed by atoms with Gasteiger partial charge in [-0.15, -0.1) is 0 Å². The van der Waals surface area contributed by atoms with Crippen LogP contribution < -0.4 is 16.2 Å². The summed E-state index contributed by atoms with van der Waals surface area (Å²) in [6.45, 7) is 12.9. The van der Waals surface area contributed by atoms with Crippen LogP contribution in [0.25, 0.3) is 10.9 Å². The molecule has 200 valence electrons. The minimum atomic E-state index is -0.233. The number of phenols is 1. The number of aromatic nitrogens is 1. The predicted octanol–water partition coefficient (Wildman–Crippen LogP) is 3.77. The van der Waals surface area contributed by atoms with E-state index in [4.69, 9.17) is 0 Å². The van der Waals surface area contributed by atoms with E-state index in [0.717, 1.165) is 36.9 Å². The molecule has 1 amide bonds. The van der Waals surface area contributed by atoms with E-state index < -0.39 is 0 Å². The molecule has 7 heteroatoms. The maximum Gasteiger partial charge on any atom is 0.248 e. The molecule has 0 radical (unpaired) electrons. The van der Waals surface area contributed by atoms with Crippen molar-refractivity contribution < 1.29 is 9.90 Å². The number of phenolic OH excluding ortho intramolecular Hbond substituents is 1. The molecular weight excluding hydrogens is 464 g/mol. The van der Waals surface area contributed by atoms with Gasteiger partial charge in [-0.2, -0.15) is 0 Å². The third-order valence-corrected chi connectivity index (χ3v) is 6.30. The van der Waals surface area contributed by atoms with Crippen LogP contribution in [0.2, 0.25) is 0 Å². The highest BCUT2D eigenvalue weighted by Gasteiger charge is 2.20. The number of aromatic amines is 1. The van der Waals surface area contributed by atoms with Crippen molar-refractivity contribution in [3.05, 3.63) is 75.6 Å². The van der Waals surface area contributed by atoms with Crippen molar-refractivity contribution in [1.82, 2.24) is 20.5 Å². The largest absolute Gasteiger partial charge is 0.506 e. The Morgan fingerprint density at radius 1 is 0.973 bits per heavy atom. The number of pyridine rings is 1. The zero-order valence-corrected chi connectivity index (χ0v) is 22.7. The number of benzene rings is 2. The van der Waals surface area contributed by atoms with E-state index >= 15 is 0 Å². The summed E-state index contributed by atoms with van der Waals surface area (Å²) in [5.41, 5.74) is 3.90. The normalized spacial score (nSPS) is 11.7. The lowest BCUT2D eigenvalue weighted by atomic mass is 9.96. The van der Waals surface area contributed by atoms with Gasteiger partial charge in [0.25, 0.3) is 0 Å². The monoisotopic (exact) mass is 506 g/mol. The number of carbonyl (C=O) groups excluding carboxylic acids is 1. The molecule has 0 aliphatic rings. The van der Waals surface area contributed by atoms with Gasteiger partial charge in [-0.3, -0.25) is 9.59 Å². The van der Waals surface area contributed by atoms with Gasteiger partial charge in [-0.1, -0.05) is 56.7 Å². The lowest BCUT2D eigenvalue weighted by molar-refractivity contribution is -0.132. The number of hydrogen-bond donors (Lipinski definition) is 4. The summed E-state index contributed by atoms with van der Waals surface area (Å²) in [5, 5.41) is 17.8. The lowest BCUT2D eigenvalue weighted by Crippen LogP contribution is -2.42.